The smallest absolute Gasteiger partial charge is 0.221 e. The number of rotatable bonds is 6. The predicted octanol–water partition coefficient (Wildman–Crippen LogP) is -2.96. The Bertz CT molecular complexity index is 754. The van der Waals surface area contributed by atoms with Crippen LogP contribution in [0.25, 0.3) is 11.2 Å². The minimum absolute atomic E-state index is 0.0535. The van der Waals surface area contributed by atoms with Crippen LogP contribution in [0.5, 0.6) is 0 Å². The minimum Gasteiger partial charge on any atom is -0.394 e. The molecule has 0 aromatic carbocycles. The summed E-state index contributed by atoms with van der Waals surface area (Å²) in [6.07, 6.45) is -2.00. The number of nitrogens with one attached hydrogen (secondary N) is 3. The van der Waals surface area contributed by atoms with E-state index < -0.39 is 43.1 Å². The molecule has 2 aromatic rings. The molecular weight excluding hydrogens is 346 g/mol. The highest BCUT2D eigenvalue weighted by atomic mass is 16.5. The minimum atomic E-state index is -1.39. The van der Waals surface area contributed by atoms with Gasteiger partial charge in [0.2, 0.25) is 5.91 Å². The van der Waals surface area contributed by atoms with Gasteiger partial charge in [0, 0.05) is 13.0 Å². The molecule has 0 bridgehead atoms. The topological polar surface area (TPSA) is 192 Å². The molecule has 1 amide bonds. The first-order chi connectivity index (χ1) is 12.5. The van der Waals surface area contributed by atoms with Gasteiger partial charge in [0.05, 0.1) is 19.0 Å². The molecule has 0 spiro atoms. The maximum Gasteiger partial charge on any atom is 0.221 e. The molecule has 0 saturated carbocycles. The van der Waals surface area contributed by atoms with Crippen LogP contribution in [0.4, 0.5) is 5.82 Å². The SMILES string of the molecule is NCCC(=O)N[C@@H]1[C@@H](O)[C@H](O)[C@@H](Nc2ncnc3nc[nH]c23)O[C@H]1CO. The van der Waals surface area contributed by atoms with Gasteiger partial charge in [-0.2, -0.15) is 0 Å². The van der Waals surface area contributed by atoms with E-state index in [1.54, 1.807) is 0 Å². The second kappa shape index (κ2) is 7.88. The second-order valence-electron chi connectivity index (χ2n) is 5.86. The Morgan fingerprint density at radius 2 is 2.12 bits per heavy atom. The zero-order valence-corrected chi connectivity index (χ0v) is 13.7. The zero-order valence-electron chi connectivity index (χ0n) is 13.7. The lowest BCUT2D eigenvalue weighted by Crippen LogP contribution is -2.65. The summed E-state index contributed by atoms with van der Waals surface area (Å²) in [5.74, 6) is -0.0989. The third-order valence-electron chi connectivity index (χ3n) is 4.13. The van der Waals surface area contributed by atoms with E-state index in [1.807, 2.05) is 0 Å². The number of aromatic nitrogens is 4. The van der Waals surface area contributed by atoms with Crippen molar-refractivity contribution in [3.8, 4) is 0 Å². The first kappa shape index (κ1) is 18.4. The summed E-state index contributed by atoms with van der Waals surface area (Å²) >= 11 is 0. The summed E-state index contributed by atoms with van der Waals surface area (Å²) in [6, 6.07) is -0.982. The molecule has 1 fully saturated rings. The lowest BCUT2D eigenvalue weighted by molar-refractivity contribution is -0.185. The average Bonchev–Trinajstić information content (AvgIpc) is 3.11. The summed E-state index contributed by atoms with van der Waals surface area (Å²) in [6.45, 7) is -0.335. The van der Waals surface area contributed by atoms with Gasteiger partial charge in [-0.3, -0.25) is 4.79 Å². The number of hydrogen-bond donors (Lipinski definition) is 7. The number of carbonyl (C=O) groups excluding carboxylic acids is 1. The molecule has 3 rings (SSSR count). The van der Waals surface area contributed by atoms with Gasteiger partial charge in [0.1, 0.15) is 30.2 Å². The molecule has 8 N–H and O–H groups in total. The summed E-state index contributed by atoms with van der Waals surface area (Å²) in [5, 5.41) is 35.7. The van der Waals surface area contributed by atoms with E-state index in [0.717, 1.165) is 0 Å². The predicted molar refractivity (Wildman–Crippen MR) is 88.7 cm³/mol. The van der Waals surface area contributed by atoms with E-state index in [9.17, 15) is 20.1 Å². The van der Waals surface area contributed by atoms with E-state index in [-0.39, 0.29) is 13.0 Å². The number of fused-ring (bicyclic) bond motifs is 1. The molecule has 1 aliphatic heterocycles. The van der Waals surface area contributed by atoms with E-state index in [0.29, 0.717) is 17.0 Å². The van der Waals surface area contributed by atoms with Gasteiger partial charge in [0.25, 0.3) is 0 Å². The average molecular weight is 367 g/mol. The standard InChI is InChI=1S/C14H21N7O5/c15-2-1-7(23)20-8-6(3-22)26-14(11(25)10(8)24)21-13-9-12(17-4-16-9)18-5-19-13/h4-6,8,10-11,14,22,24-25H,1-3,15H2,(H,20,23)(H2,16,17,18,19,21)/t6-,8-,10+,11-,14-/m0/s1. The lowest BCUT2D eigenvalue weighted by Gasteiger charge is -2.42. The number of ether oxygens (including phenoxy) is 1. The van der Waals surface area contributed by atoms with Crippen molar-refractivity contribution in [1.29, 1.82) is 0 Å². The largest absolute Gasteiger partial charge is 0.394 e. The lowest BCUT2D eigenvalue weighted by atomic mass is 9.95. The number of aromatic amines is 1. The van der Waals surface area contributed by atoms with Crippen molar-refractivity contribution in [2.75, 3.05) is 18.5 Å². The van der Waals surface area contributed by atoms with Crippen molar-refractivity contribution in [3.63, 3.8) is 0 Å². The quantitative estimate of drug-likeness (QED) is 0.277. The highest BCUT2D eigenvalue weighted by molar-refractivity contribution is 5.82. The van der Waals surface area contributed by atoms with Crippen LogP contribution in [0, 0.1) is 0 Å². The fraction of sp³-hybridized carbons (Fsp3) is 0.571. The van der Waals surface area contributed by atoms with Gasteiger partial charge in [-0.1, -0.05) is 0 Å². The number of amides is 1. The number of carbonyl (C=O) groups is 1. The summed E-state index contributed by atoms with van der Waals surface area (Å²) in [4.78, 5) is 26.7. The highest BCUT2D eigenvalue weighted by Crippen LogP contribution is 2.24. The van der Waals surface area contributed by atoms with Gasteiger partial charge in [-0.05, 0) is 0 Å². The van der Waals surface area contributed by atoms with Crippen molar-refractivity contribution in [2.45, 2.75) is 37.0 Å². The third kappa shape index (κ3) is 3.59. The van der Waals surface area contributed by atoms with Crippen LogP contribution in [0.15, 0.2) is 12.7 Å². The van der Waals surface area contributed by atoms with E-state index in [1.165, 1.54) is 12.7 Å². The molecule has 0 radical (unpaired) electrons. The summed E-state index contributed by atoms with van der Waals surface area (Å²) < 4.78 is 5.63. The van der Waals surface area contributed by atoms with E-state index in [4.69, 9.17) is 10.5 Å². The van der Waals surface area contributed by atoms with Crippen molar-refractivity contribution in [3.05, 3.63) is 12.7 Å². The van der Waals surface area contributed by atoms with Crippen LogP contribution in [0.3, 0.4) is 0 Å². The Balaban J connectivity index is 1.76. The molecule has 26 heavy (non-hydrogen) atoms. The number of aliphatic hydroxyl groups is 3. The normalized spacial score (nSPS) is 28.8. The molecule has 0 aliphatic carbocycles. The third-order valence-corrected chi connectivity index (χ3v) is 4.13. The van der Waals surface area contributed by atoms with Gasteiger partial charge in [-0.25, -0.2) is 15.0 Å². The van der Waals surface area contributed by atoms with Crippen molar-refractivity contribution < 1.29 is 24.9 Å². The van der Waals surface area contributed by atoms with Crippen LogP contribution >= 0.6 is 0 Å². The first-order valence-corrected chi connectivity index (χ1v) is 8.07. The van der Waals surface area contributed by atoms with Crippen LogP contribution in [0.2, 0.25) is 0 Å². The van der Waals surface area contributed by atoms with Gasteiger partial charge >= 0.3 is 0 Å². The number of anilines is 1. The highest BCUT2D eigenvalue weighted by Gasteiger charge is 2.45. The Morgan fingerprint density at radius 3 is 2.85 bits per heavy atom. The van der Waals surface area contributed by atoms with Crippen LogP contribution in [-0.2, 0) is 9.53 Å². The molecule has 5 atom stereocenters. The van der Waals surface area contributed by atoms with Crippen LogP contribution in [-0.4, -0.2) is 84.9 Å². The van der Waals surface area contributed by atoms with Crippen LogP contribution < -0.4 is 16.4 Å². The summed E-state index contributed by atoms with van der Waals surface area (Å²) in [5.41, 5.74) is 6.24. The molecule has 1 aliphatic rings. The Kier molecular flexibility index (Phi) is 5.58. The maximum absolute atomic E-state index is 11.7. The number of nitrogens with zero attached hydrogens (tertiary/aromatic N) is 3. The maximum atomic E-state index is 11.7. The Labute approximate surface area is 147 Å². The fourth-order valence-electron chi connectivity index (χ4n) is 2.82. The van der Waals surface area contributed by atoms with E-state index in [2.05, 4.69) is 30.6 Å². The van der Waals surface area contributed by atoms with Crippen LogP contribution in [0.1, 0.15) is 6.42 Å². The van der Waals surface area contributed by atoms with E-state index >= 15 is 0 Å². The summed E-state index contributed by atoms with van der Waals surface area (Å²) in [7, 11) is 0. The molecular formula is C14H21N7O5. The monoisotopic (exact) mass is 367 g/mol. The van der Waals surface area contributed by atoms with Gasteiger partial charge in [0.15, 0.2) is 17.7 Å². The molecule has 2 aromatic heterocycles. The fourth-order valence-corrected chi connectivity index (χ4v) is 2.82. The second-order valence-corrected chi connectivity index (χ2v) is 5.86. The number of H-pyrrole nitrogens is 1. The number of aliphatic hydroxyl groups excluding tert-OH is 3. The molecule has 12 heteroatoms. The molecule has 12 nitrogen and oxygen atoms in total. The van der Waals surface area contributed by atoms with Crippen molar-refractivity contribution >= 4 is 22.9 Å². The number of nitrogens with two attached hydrogens (primary N) is 1. The van der Waals surface area contributed by atoms with Gasteiger partial charge < -0.3 is 41.4 Å². The molecule has 3 heterocycles. The van der Waals surface area contributed by atoms with Gasteiger partial charge in [-0.15, -0.1) is 0 Å². The number of hydrogen-bond acceptors (Lipinski definition) is 10. The first-order valence-electron chi connectivity index (χ1n) is 8.07. The van der Waals surface area contributed by atoms with Crippen molar-refractivity contribution in [1.82, 2.24) is 25.3 Å². The molecule has 0 unspecified atom stereocenters. The molecule has 1 saturated heterocycles. The molecule has 142 valence electrons. The van der Waals surface area contributed by atoms with Crippen molar-refractivity contribution in [2.24, 2.45) is 5.73 Å². The Morgan fingerprint density at radius 1 is 1.31 bits per heavy atom. The Hall–Kier alpha value is -2.38. The number of imidazole rings is 1. The zero-order chi connectivity index (χ0) is 18.7.